The summed E-state index contributed by atoms with van der Waals surface area (Å²) >= 11 is 14.2. The Morgan fingerprint density at radius 1 is 0.843 bits per heavy atom. The molecular formula is C37H37Cl2N9O3. The Kier molecular flexibility index (Phi) is 10.6. The van der Waals surface area contributed by atoms with E-state index >= 15 is 0 Å². The number of methoxy groups -OCH3 is 2. The van der Waals surface area contributed by atoms with Crippen LogP contribution in [0.25, 0.3) is 33.6 Å². The first-order valence-corrected chi connectivity index (χ1v) is 17.5. The zero-order chi connectivity index (χ0) is 35.3. The van der Waals surface area contributed by atoms with Gasteiger partial charge in [0.25, 0.3) is 0 Å². The van der Waals surface area contributed by atoms with Crippen molar-refractivity contribution in [1.82, 2.24) is 45.4 Å². The van der Waals surface area contributed by atoms with Gasteiger partial charge in [0.15, 0.2) is 0 Å². The van der Waals surface area contributed by atoms with Gasteiger partial charge < -0.3 is 20.1 Å². The van der Waals surface area contributed by atoms with Crippen LogP contribution in [-0.2, 0) is 17.9 Å². The highest BCUT2D eigenvalue weighted by Gasteiger charge is 2.27. The number of nitrogens with zero attached hydrogens (tertiary/aromatic N) is 7. The molecule has 7 rings (SSSR count). The lowest BCUT2D eigenvalue weighted by molar-refractivity contribution is -0.119. The van der Waals surface area contributed by atoms with Crippen LogP contribution in [0.5, 0.6) is 11.8 Å². The third-order valence-corrected chi connectivity index (χ3v) is 10.1. The molecule has 1 amide bonds. The summed E-state index contributed by atoms with van der Waals surface area (Å²) in [4.78, 5) is 41.5. The number of ether oxygens (including phenoxy) is 2. The molecular weight excluding hydrogens is 689 g/mol. The highest BCUT2D eigenvalue weighted by atomic mass is 35.5. The first-order chi connectivity index (χ1) is 24.9. The smallest absolute Gasteiger partial charge is 0.237 e. The molecule has 0 saturated carbocycles. The number of carbonyl (C=O) groups is 1. The molecule has 2 atom stereocenters. The van der Waals surface area contributed by atoms with Gasteiger partial charge in [-0.15, -0.1) is 0 Å². The van der Waals surface area contributed by atoms with Crippen LogP contribution in [0.3, 0.4) is 0 Å². The lowest BCUT2D eigenvalue weighted by Gasteiger charge is -2.17. The minimum Gasteiger partial charge on any atom is -0.480 e. The second kappa shape index (κ2) is 15.6. The molecule has 12 nitrogen and oxygen atoms in total. The van der Waals surface area contributed by atoms with Crippen LogP contribution >= 0.6 is 23.2 Å². The number of likely N-dealkylation sites (tertiary alicyclic amines) is 1. The standard InChI is InChI=1S/C37H37Cl2N9O3/c1-50-36-31(17-41-15-23-9-10-33(49)45-23)43-18-29(46-36)26-7-3-5-24(34(26)38)25-6-4-8-27(35(25)39)30-19-44-32(37(47-30)51-2)21-48-14-11-22(20-48)28-16-40-12-13-42-28/h3-8,12-13,16,18-19,22-23,41H,9-11,14-15,17,20-21H2,1-2H3,(H,45,49)/t22?,23-/m0/s1. The van der Waals surface area contributed by atoms with Crippen LogP contribution in [0.15, 0.2) is 67.4 Å². The molecule has 51 heavy (non-hydrogen) atoms. The molecule has 2 aromatic carbocycles. The zero-order valence-corrected chi connectivity index (χ0v) is 29.8. The molecule has 5 heterocycles. The van der Waals surface area contributed by atoms with E-state index in [2.05, 4.69) is 30.5 Å². The van der Waals surface area contributed by atoms with Crippen LogP contribution in [0.4, 0.5) is 0 Å². The van der Waals surface area contributed by atoms with Gasteiger partial charge in [0.05, 0.1) is 53.7 Å². The molecule has 3 aromatic heterocycles. The molecule has 0 radical (unpaired) electrons. The van der Waals surface area contributed by atoms with E-state index in [0.29, 0.717) is 82.0 Å². The van der Waals surface area contributed by atoms with Crippen molar-refractivity contribution in [2.75, 3.05) is 33.9 Å². The van der Waals surface area contributed by atoms with Gasteiger partial charge in [-0.05, 0) is 19.4 Å². The van der Waals surface area contributed by atoms with Gasteiger partial charge in [0.1, 0.15) is 11.4 Å². The Morgan fingerprint density at radius 3 is 2.10 bits per heavy atom. The van der Waals surface area contributed by atoms with Gasteiger partial charge >= 0.3 is 0 Å². The van der Waals surface area contributed by atoms with Crippen molar-refractivity contribution in [1.29, 1.82) is 0 Å². The number of amides is 1. The lowest BCUT2D eigenvalue weighted by Crippen LogP contribution is -2.35. The number of halogens is 2. The Morgan fingerprint density at radius 2 is 1.49 bits per heavy atom. The molecule has 0 aliphatic carbocycles. The monoisotopic (exact) mass is 725 g/mol. The van der Waals surface area contributed by atoms with Crippen molar-refractivity contribution < 1.29 is 14.3 Å². The summed E-state index contributed by atoms with van der Waals surface area (Å²) in [5.41, 5.74) is 6.42. The van der Waals surface area contributed by atoms with Gasteiger partial charge in [-0.25, -0.2) is 9.97 Å². The van der Waals surface area contributed by atoms with Crippen molar-refractivity contribution in [3.05, 3.63) is 94.5 Å². The Balaban J connectivity index is 1.09. The second-order valence-electron chi connectivity index (χ2n) is 12.5. The van der Waals surface area contributed by atoms with Crippen LogP contribution < -0.4 is 20.1 Å². The summed E-state index contributed by atoms with van der Waals surface area (Å²) in [5.74, 6) is 1.26. The number of carbonyl (C=O) groups excluding carboxylic acids is 1. The summed E-state index contributed by atoms with van der Waals surface area (Å²) in [6.07, 6.45) is 11.1. The van der Waals surface area contributed by atoms with Crippen LogP contribution in [0.1, 0.15) is 42.3 Å². The molecule has 2 saturated heterocycles. The van der Waals surface area contributed by atoms with Crippen molar-refractivity contribution in [3.63, 3.8) is 0 Å². The Bertz CT molecular complexity index is 2040. The number of hydrogen-bond donors (Lipinski definition) is 2. The van der Waals surface area contributed by atoms with E-state index < -0.39 is 0 Å². The van der Waals surface area contributed by atoms with Crippen molar-refractivity contribution in [2.24, 2.45) is 0 Å². The molecule has 2 fully saturated rings. The van der Waals surface area contributed by atoms with E-state index in [1.807, 2.05) is 42.6 Å². The lowest BCUT2D eigenvalue weighted by atomic mass is 9.98. The summed E-state index contributed by atoms with van der Waals surface area (Å²) in [5, 5.41) is 7.25. The fraction of sp³-hybridized carbons (Fsp3) is 0.324. The van der Waals surface area contributed by atoms with Gasteiger partial charge in [-0.2, -0.15) is 0 Å². The maximum atomic E-state index is 11.5. The molecule has 0 bridgehead atoms. The second-order valence-corrected chi connectivity index (χ2v) is 13.3. The molecule has 2 aliphatic heterocycles. The maximum absolute atomic E-state index is 11.5. The fourth-order valence-electron chi connectivity index (χ4n) is 6.63. The van der Waals surface area contributed by atoms with E-state index in [4.69, 9.17) is 47.6 Å². The largest absolute Gasteiger partial charge is 0.480 e. The third-order valence-electron chi connectivity index (χ3n) is 9.26. The minimum absolute atomic E-state index is 0.0845. The molecule has 5 aromatic rings. The zero-order valence-electron chi connectivity index (χ0n) is 28.3. The predicted molar refractivity (Wildman–Crippen MR) is 195 cm³/mol. The molecule has 2 N–H and O–H groups in total. The summed E-state index contributed by atoms with van der Waals surface area (Å²) in [6, 6.07) is 11.6. The average Bonchev–Trinajstić information content (AvgIpc) is 3.81. The quantitative estimate of drug-likeness (QED) is 0.163. The van der Waals surface area contributed by atoms with Gasteiger partial charge in [0.2, 0.25) is 17.7 Å². The number of benzene rings is 2. The first kappa shape index (κ1) is 34.7. The van der Waals surface area contributed by atoms with E-state index in [1.54, 1.807) is 39.0 Å². The van der Waals surface area contributed by atoms with E-state index in [9.17, 15) is 4.79 Å². The number of hydrogen-bond acceptors (Lipinski definition) is 11. The SMILES string of the molecule is COc1nc(-c2cccc(-c3cccc(-c4cnc(CN5CCC(c6cnccn6)C5)c(OC)n4)c3Cl)c2Cl)cnc1CNC[C@@H]1CCC(=O)N1. The van der Waals surface area contributed by atoms with Crippen molar-refractivity contribution in [2.45, 2.75) is 44.3 Å². The summed E-state index contributed by atoms with van der Waals surface area (Å²) in [6.45, 7) is 3.47. The topological polar surface area (TPSA) is 140 Å². The number of aromatic nitrogens is 6. The Hall–Kier alpha value is -4.75. The highest BCUT2D eigenvalue weighted by molar-refractivity contribution is 6.39. The van der Waals surface area contributed by atoms with Gasteiger partial charge in [0, 0.05) is 85.4 Å². The Labute approximate surface area is 306 Å². The summed E-state index contributed by atoms with van der Waals surface area (Å²) < 4.78 is 11.3. The van der Waals surface area contributed by atoms with Gasteiger partial charge in [-0.1, -0.05) is 59.6 Å². The molecule has 262 valence electrons. The fourth-order valence-corrected chi connectivity index (χ4v) is 7.28. The van der Waals surface area contributed by atoms with E-state index in [1.165, 1.54) is 0 Å². The molecule has 2 aliphatic rings. The molecule has 1 unspecified atom stereocenters. The van der Waals surface area contributed by atoms with Crippen LogP contribution in [0.2, 0.25) is 10.0 Å². The maximum Gasteiger partial charge on any atom is 0.237 e. The third kappa shape index (κ3) is 7.64. The number of rotatable bonds is 12. The summed E-state index contributed by atoms with van der Waals surface area (Å²) in [7, 11) is 3.16. The van der Waals surface area contributed by atoms with Crippen LogP contribution in [0, 0.1) is 0 Å². The van der Waals surface area contributed by atoms with Crippen molar-refractivity contribution in [3.8, 4) is 45.4 Å². The molecule has 0 spiro atoms. The average molecular weight is 727 g/mol. The van der Waals surface area contributed by atoms with Crippen LogP contribution in [-0.4, -0.2) is 80.6 Å². The van der Waals surface area contributed by atoms with Gasteiger partial charge in [-0.3, -0.25) is 29.6 Å². The van der Waals surface area contributed by atoms with E-state index in [0.717, 1.165) is 48.4 Å². The van der Waals surface area contributed by atoms with Crippen molar-refractivity contribution >= 4 is 29.1 Å². The minimum atomic E-state index is 0.0845. The van der Waals surface area contributed by atoms with E-state index in [-0.39, 0.29) is 11.9 Å². The first-order valence-electron chi connectivity index (χ1n) is 16.8. The molecule has 14 heteroatoms. The highest BCUT2D eigenvalue weighted by Crippen LogP contribution is 2.42. The normalized spacial score (nSPS) is 17.5. The predicted octanol–water partition coefficient (Wildman–Crippen LogP) is 5.74. The number of nitrogens with one attached hydrogen (secondary N) is 2.